The Balaban J connectivity index is 1.48. The van der Waals surface area contributed by atoms with E-state index in [0.717, 1.165) is 62.8 Å². The third-order valence-electron chi connectivity index (χ3n) is 9.09. The van der Waals surface area contributed by atoms with E-state index in [4.69, 9.17) is 0 Å². The fraction of sp³-hybridized carbons (Fsp3) is 0.680. The normalized spacial score (nSPS) is 43.0. The predicted molar refractivity (Wildman–Crippen MR) is 114 cm³/mol. The molecule has 4 heteroatoms. The van der Waals surface area contributed by atoms with Gasteiger partial charge in [0.25, 0.3) is 0 Å². The average molecular weight is 395 g/mol. The summed E-state index contributed by atoms with van der Waals surface area (Å²) in [6, 6.07) is 2.01. The number of carbonyl (C=O) groups excluding carboxylic acids is 1. The summed E-state index contributed by atoms with van der Waals surface area (Å²) in [5.41, 5.74) is 3.56. The molecule has 0 amide bonds. The number of hydrogen-bond acceptors (Lipinski definition) is 3. The summed E-state index contributed by atoms with van der Waals surface area (Å²) in [5, 5.41) is 14.6. The number of hydrogen-bond donors (Lipinski definition) is 1. The minimum absolute atomic E-state index is 0.161. The van der Waals surface area contributed by atoms with Gasteiger partial charge in [-0.3, -0.25) is 9.48 Å². The molecule has 0 radical (unpaired) electrons. The molecule has 1 aromatic heterocycles. The van der Waals surface area contributed by atoms with Crippen molar-refractivity contribution in [1.82, 2.24) is 9.78 Å². The number of allylic oxidation sites excluding steroid dienone is 2. The van der Waals surface area contributed by atoms with E-state index in [-0.39, 0.29) is 16.9 Å². The summed E-state index contributed by atoms with van der Waals surface area (Å²) in [7, 11) is 0. The molecular formula is C25H34N2O2. The Hall–Kier alpha value is -1.68. The van der Waals surface area contributed by atoms with Gasteiger partial charge in [-0.2, -0.15) is 5.10 Å². The van der Waals surface area contributed by atoms with Gasteiger partial charge in [0, 0.05) is 18.2 Å². The zero-order valence-corrected chi connectivity index (χ0v) is 18.0. The van der Waals surface area contributed by atoms with Crippen molar-refractivity contribution in [3.63, 3.8) is 0 Å². The maximum Gasteiger partial charge on any atom is 0.165 e. The number of fused-ring (bicyclic) bond motifs is 5. The first kappa shape index (κ1) is 19.3. The monoisotopic (exact) mass is 394 g/mol. The van der Waals surface area contributed by atoms with Gasteiger partial charge in [0.1, 0.15) is 0 Å². The Morgan fingerprint density at radius 1 is 1.21 bits per heavy atom. The highest BCUT2D eigenvalue weighted by molar-refractivity contribution is 6.05. The van der Waals surface area contributed by atoms with E-state index >= 15 is 0 Å². The van der Waals surface area contributed by atoms with Crippen LogP contribution >= 0.6 is 0 Å². The predicted octanol–water partition coefficient (Wildman–Crippen LogP) is 4.79. The summed E-state index contributed by atoms with van der Waals surface area (Å²) >= 11 is 0. The first-order chi connectivity index (χ1) is 13.9. The molecule has 0 aliphatic heterocycles. The zero-order chi connectivity index (χ0) is 20.4. The van der Waals surface area contributed by atoms with Gasteiger partial charge in [-0.15, -0.1) is 0 Å². The summed E-state index contributed by atoms with van der Waals surface area (Å²) < 4.78 is 1.97. The van der Waals surface area contributed by atoms with E-state index < -0.39 is 0 Å². The lowest BCUT2D eigenvalue weighted by Crippen LogP contribution is -2.50. The molecule has 1 N–H and O–H groups in total. The molecule has 0 unspecified atom stereocenters. The van der Waals surface area contributed by atoms with E-state index in [9.17, 15) is 9.90 Å². The molecule has 3 fully saturated rings. The molecule has 4 nitrogen and oxygen atoms in total. The van der Waals surface area contributed by atoms with E-state index in [1.165, 1.54) is 5.57 Å². The van der Waals surface area contributed by atoms with Crippen molar-refractivity contribution < 1.29 is 9.90 Å². The summed E-state index contributed by atoms with van der Waals surface area (Å²) in [4.78, 5) is 13.5. The Morgan fingerprint density at radius 2 is 2.00 bits per heavy atom. The Morgan fingerprint density at radius 3 is 2.79 bits per heavy atom. The minimum atomic E-state index is -0.208. The summed E-state index contributed by atoms with van der Waals surface area (Å²) in [5.74, 6) is 2.06. The number of aryl methyl sites for hydroxylation is 1. The Labute approximate surface area is 174 Å². The molecule has 0 saturated heterocycles. The molecule has 5 rings (SSSR count). The number of nitrogens with zero attached hydrogens (tertiary/aromatic N) is 2. The first-order valence-corrected chi connectivity index (χ1v) is 11.5. The van der Waals surface area contributed by atoms with Crippen LogP contribution in [0.4, 0.5) is 0 Å². The van der Waals surface area contributed by atoms with Gasteiger partial charge in [0.05, 0.1) is 11.8 Å². The van der Waals surface area contributed by atoms with Crippen LogP contribution in [0.15, 0.2) is 29.5 Å². The van der Waals surface area contributed by atoms with Gasteiger partial charge >= 0.3 is 0 Å². The van der Waals surface area contributed by atoms with Gasteiger partial charge in [-0.1, -0.05) is 25.5 Å². The Kier molecular flexibility index (Phi) is 4.43. The lowest BCUT2D eigenvalue weighted by molar-refractivity contribution is -0.130. The molecule has 4 aliphatic rings. The largest absolute Gasteiger partial charge is 0.393 e. The second kappa shape index (κ2) is 6.66. The molecule has 1 aromatic rings. The number of rotatable bonds is 2. The van der Waals surface area contributed by atoms with Gasteiger partial charge < -0.3 is 5.11 Å². The SMILES string of the molecule is CCn1nccc1/C=C1\C[C@H]2[C@@H]3CC=C4C[C@@H](O)CC[C@]4(C)[C@H]3CC[C@]2(C)C1=O. The van der Waals surface area contributed by atoms with Crippen molar-refractivity contribution in [2.24, 2.45) is 28.6 Å². The quantitative estimate of drug-likeness (QED) is 0.580. The molecule has 4 aliphatic carbocycles. The fourth-order valence-corrected chi connectivity index (χ4v) is 7.35. The van der Waals surface area contributed by atoms with Crippen molar-refractivity contribution in [3.8, 4) is 0 Å². The van der Waals surface area contributed by atoms with Crippen LogP contribution in [0.2, 0.25) is 0 Å². The third kappa shape index (κ3) is 2.74. The van der Waals surface area contributed by atoms with Crippen molar-refractivity contribution in [2.45, 2.75) is 78.4 Å². The van der Waals surface area contributed by atoms with Crippen LogP contribution in [0.25, 0.3) is 6.08 Å². The third-order valence-corrected chi connectivity index (χ3v) is 9.09. The van der Waals surface area contributed by atoms with Gasteiger partial charge in [-0.05, 0) is 92.8 Å². The van der Waals surface area contributed by atoms with Crippen LogP contribution in [-0.2, 0) is 11.3 Å². The maximum atomic E-state index is 13.5. The second-order valence-electron chi connectivity index (χ2n) is 10.4. The molecule has 29 heavy (non-hydrogen) atoms. The van der Waals surface area contributed by atoms with Gasteiger partial charge in [0.2, 0.25) is 0 Å². The van der Waals surface area contributed by atoms with Crippen LogP contribution in [0, 0.1) is 28.6 Å². The van der Waals surface area contributed by atoms with Crippen molar-refractivity contribution in [3.05, 3.63) is 35.2 Å². The van der Waals surface area contributed by atoms with E-state index in [2.05, 4.69) is 38.0 Å². The standard InChI is InChI=1S/C25H34N2O2/c1-4-27-18(9-12-26-27)13-16-14-22-20-6-5-17-15-19(28)7-10-24(17,2)21(20)8-11-25(22,3)23(16)29/h5,9,12-13,19-22,28H,4,6-8,10-11,14-15H2,1-3H3/b16-13+/t19-,20+,21-,22-,24-,25-/m0/s1. The molecule has 0 aromatic carbocycles. The van der Waals surface area contributed by atoms with Crippen molar-refractivity contribution >= 4 is 11.9 Å². The van der Waals surface area contributed by atoms with Crippen LogP contribution in [0.5, 0.6) is 0 Å². The topological polar surface area (TPSA) is 55.1 Å². The number of ketones is 1. The van der Waals surface area contributed by atoms with Crippen LogP contribution < -0.4 is 0 Å². The lowest BCUT2D eigenvalue weighted by Gasteiger charge is -2.56. The molecule has 0 spiro atoms. The van der Waals surface area contributed by atoms with Crippen LogP contribution in [-0.4, -0.2) is 26.8 Å². The lowest BCUT2D eigenvalue weighted by atomic mass is 9.48. The van der Waals surface area contributed by atoms with Crippen LogP contribution in [0.3, 0.4) is 0 Å². The van der Waals surface area contributed by atoms with Crippen LogP contribution in [0.1, 0.15) is 71.4 Å². The number of aliphatic hydroxyl groups is 1. The number of carbonyl (C=O) groups is 1. The maximum absolute atomic E-state index is 13.5. The molecule has 6 atom stereocenters. The highest BCUT2D eigenvalue weighted by Crippen LogP contribution is 2.64. The van der Waals surface area contributed by atoms with E-state index in [0.29, 0.717) is 23.5 Å². The number of aromatic nitrogens is 2. The molecule has 1 heterocycles. The Bertz CT molecular complexity index is 896. The van der Waals surface area contributed by atoms with E-state index in [1.807, 2.05) is 16.9 Å². The average Bonchev–Trinajstić information content (AvgIpc) is 3.25. The molecule has 156 valence electrons. The van der Waals surface area contributed by atoms with Gasteiger partial charge in [-0.25, -0.2) is 0 Å². The molecular weight excluding hydrogens is 360 g/mol. The van der Waals surface area contributed by atoms with Crippen molar-refractivity contribution in [2.75, 3.05) is 0 Å². The van der Waals surface area contributed by atoms with Gasteiger partial charge in [0.15, 0.2) is 5.78 Å². The van der Waals surface area contributed by atoms with Crippen molar-refractivity contribution in [1.29, 1.82) is 0 Å². The highest BCUT2D eigenvalue weighted by Gasteiger charge is 2.59. The van der Waals surface area contributed by atoms with E-state index in [1.54, 1.807) is 0 Å². The first-order valence-electron chi connectivity index (χ1n) is 11.5. The molecule has 3 saturated carbocycles. The summed E-state index contributed by atoms with van der Waals surface area (Å²) in [6.07, 6.45) is 13.2. The smallest absolute Gasteiger partial charge is 0.165 e. The highest BCUT2D eigenvalue weighted by atomic mass is 16.3. The number of aliphatic hydroxyl groups excluding tert-OH is 1. The summed E-state index contributed by atoms with van der Waals surface area (Å²) in [6.45, 7) is 7.59. The zero-order valence-electron chi connectivity index (χ0n) is 18.0. The molecule has 0 bridgehead atoms. The number of Topliss-reactive ketones (excluding diaryl/α,β-unsaturated/α-hetero) is 1. The fourth-order valence-electron chi connectivity index (χ4n) is 7.35. The second-order valence-corrected chi connectivity index (χ2v) is 10.4. The minimum Gasteiger partial charge on any atom is -0.393 e.